The molecule has 1 atom stereocenters. The van der Waals surface area contributed by atoms with Crippen LogP contribution in [0.5, 0.6) is 17.2 Å². The zero-order valence-electron chi connectivity index (χ0n) is 9.70. The highest BCUT2D eigenvalue weighted by Gasteiger charge is 2.23. The molecule has 0 spiro atoms. The minimum absolute atomic E-state index is 0.505. The second-order valence-electron chi connectivity index (χ2n) is 3.37. The summed E-state index contributed by atoms with van der Waals surface area (Å²) in [6.45, 7) is 1.62. The average molecular weight is 291 g/mol. The lowest BCUT2D eigenvalue weighted by atomic mass is 10.1. The van der Waals surface area contributed by atoms with Gasteiger partial charge in [-0.2, -0.15) is 0 Å². The molecular formula is C11H15BrO4. The lowest BCUT2D eigenvalue weighted by Gasteiger charge is -2.19. The highest BCUT2D eigenvalue weighted by Crippen LogP contribution is 2.42. The molecule has 0 bridgehead atoms. The third-order valence-corrected chi connectivity index (χ3v) is 2.65. The smallest absolute Gasteiger partial charge is 0.203 e. The highest BCUT2D eigenvalue weighted by atomic mass is 79.9. The van der Waals surface area contributed by atoms with Crippen LogP contribution in [0.25, 0.3) is 0 Å². The Morgan fingerprint density at radius 2 is 1.50 bits per heavy atom. The molecule has 1 rings (SSSR count). The number of hydrogen-bond donors (Lipinski definition) is 1. The Balaban J connectivity index is 3.37. The monoisotopic (exact) mass is 290 g/mol. The van der Waals surface area contributed by atoms with Crippen molar-refractivity contribution in [1.29, 1.82) is 0 Å². The molecule has 16 heavy (non-hydrogen) atoms. The summed E-state index contributed by atoms with van der Waals surface area (Å²) >= 11 is 3.16. The SMILES string of the molecule is COc1cc(C(C)(O)Br)cc(OC)c1OC. The number of aliphatic hydroxyl groups is 1. The van der Waals surface area contributed by atoms with E-state index >= 15 is 0 Å². The minimum atomic E-state index is -1.14. The fourth-order valence-corrected chi connectivity index (χ4v) is 1.57. The number of hydrogen-bond acceptors (Lipinski definition) is 4. The topological polar surface area (TPSA) is 47.9 Å². The second kappa shape index (κ2) is 4.93. The van der Waals surface area contributed by atoms with Crippen LogP contribution in [0.1, 0.15) is 12.5 Å². The maximum Gasteiger partial charge on any atom is 0.203 e. The van der Waals surface area contributed by atoms with E-state index in [-0.39, 0.29) is 0 Å². The van der Waals surface area contributed by atoms with Crippen molar-refractivity contribution >= 4 is 15.9 Å². The van der Waals surface area contributed by atoms with Gasteiger partial charge in [0.25, 0.3) is 0 Å². The van der Waals surface area contributed by atoms with E-state index in [0.717, 1.165) is 0 Å². The summed E-state index contributed by atoms with van der Waals surface area (Å²) < 4.78 is 14.4. The number of benzene rings is 1. The number of halogens is 1. The Kier molecular flexibility index (Phi) is 4.04. The number of methoxy groups -OCH3 is 3. The molecule has 0 heterocycles. The maximum atomic E-state index is 9.86. The van der Waals surface area contributed by atoms with E-state index < -0.39 is 4.51 Å². The summed E-state index contributed by atoms with van der Waals surface area (Å²) in [6.07, 6.45) is 0. The average Bonchev–Trinajstić information content (AvgIpc) is 2.25. The molecule has 0 aliphatic heterocycles. The predicted molar refractivity (Wildman–Crippen MR) is 64.6 cm³/mol. The maximum absolute atomic E-state index is 9.86. The summed E-state index contributed by atoms with van der Waals surface area (Å²) in [6, 6.07) is 3.38. The van der Waals surface area contributed by atoms with E-state index in [4.69, 9.17) is 14.2 Å². The fraction of sp³-hybridized carbons (Fsp3) is 0.455. The van der Waals surface area contributed by atoms with Crippen LogP contribution < -0.4 is 14.2 Å². The van der Waals surface area contributed by atoms with E-state index in [1.807, 2.05) is 0 Å². The van der Waals surface area contributed by atoms with Gasteiger partial charge in [-0.1, -0.05) is 0 Å². The van der Waals surface area contributed by atoms with Crippen LogP contribution in [0.3, 0.4) is 0 Å². The molecule has 0 aliphatic carbocycles. The number of alkyl halides is 1. The Morgan fingerprint density at radius 1 is 1.06 bits per heavy atom. The second-order valence-corrected chi connectivity index (χ2v) is 4.91. The van der Waals surface area contributed by atoms with Gasteiger partial charge < -0.3 is 19.3 Å². The van der Waals surface area contributed by atoms with Gasteiger partial charge in [0, 0.05) is 5.56 Å². The van der Waals surface area contributed by atoms with E-state index in [2.05, 4.69) is 15.9 Å². The predicted octanol–water partition coefficient (Wildman–Crippen LogP) is 2.27. The molecule has 0 saturated carbocycles. The van der Waals surface area contributed by atoms with Gasteiger partial charge in [-0.3, -0.25) is 0 Å². The van der Waals surface area contributed by atoms with Crippen molar-refractivity contribution in [3.63, 3.8) is 0 Å². The van der Waals surface area contributed by atoms with Gasteiger partial charge in [-0.25, -0.2) is 0 Å². The Morgan fingerprint density at radius 3 is 1.75 bits per heavy atom. The first-order chi connectivity index (χ1) is 7.43. The minimum Gasteiger partial charge on any atom is -0.493 e. The summed E-state index contributed by atoms with van der Waals surface area (Å²) in [5.41, 5.74) is 0.627. The molecule has 1 aromatic rings. The van der Waals surface area contributed by atoms with E-state index in [0.29, 0.717) is 22.8 Å². The standard InChI is InChI=1S/C11H15BrO4/c1-11(12,13)7-5-8(14-2)10(16-4)9(6-7)15-3/h5-6,13H,1-4H3. The van der Waals surface area contributed by atoms with E-state index in [1.54, 1.807) is 19.1 Å². The zero-order valence-corrected chi connectivity index (χ0v) is 11.3. The van der Waals surface area contributed by atoms with Gasteiger partial charge in [0.15, 0.2) is 11.5 Å². The van der Waals surface area contributed by atoms with Crippen LogP contribution >= 0.6 is 15.9 Å². The summed E-state index contributed by atoms with van der Waals surface area (Å²) in [7, 11) is 4.60. The lowest BCUT2D eigenvalue weighted by Crippen LogP contribution is -2.11. The first kappa shape index (κ1) is 13.1. The molecule has 1 N–H and O–H groups in total. The molecule has 0 radical (unpaired) electrons. The number of rotatable bonds is 4. The zero-order chi connectivity index (χ0) is 12.3. The van der Waals surface area contributed by atoms with Gasteiger partial charge in [0.05, 0.1) is 21.3 Å². The molecule has 4 nitrogen and oxygen atoms in total. The van der Waals surface area contributed by atoms with Crippen molar-refractivity contribution in [3.05, 3.63) is 17.7 Å². The summed E-state index contributed by atoms with van der Waals surface area (Å²) in [4.78, 5) is 0. The van der Waals surface area contributed by atoms with Gasteiger partial charge in [0.1, 0.15) is 4.51 Å². The third kappa shape index (κ3) is 2.59. The molecule has 0 aliphatic rings. The largest absolute Gasteiger partial charge is 0.493 e. The van der Waals surface area contributed by atoms with Gasteiger partial charge >= 0.3 is 0 Å². The Labute approximate surface area is 103 Å². The van der Waals surface area contributed by atoms with E-state index in [9.17, 15) is 5.11 Å². The fourth-order valence-electron chi connectivity index (χ4n) is 1.34. The van der Waals surface area contributed by atoms with Crippen LogP contribution in [-0.2, 0) is 4.51 Å². The summed E-state index contributed by atoms with van der Waals surface area (Å²) in [5.74, 6) is 1.53. The molecule has 5 heteroatoms. The van der Waals surface area contributed by atoms with Crippen molar-refractivity contribution in [2.24, 2.45) is 0 Å². The van der Waals surface area contributed by atoms with Crippen LogP contribution in [-0.4, -0.2) is 26.4 Å². The summed E-state index contributed by atoms with van der Waals surface area (Å²) in [5, 5.41) is 9.86. The van der Waals surface area contributed by atoms with Crippen molar-refractivity contribution in [1.82, 2.24) is 0 Å². The normalized spacial score (nSPS) is 14.1. The van der Waals surface area contributed by atoms with Gasteiger partial charge in [-0.05, 0) is 35.0 Å². The molecule has 90 valence electrons. The first-order valence-electron chi connectivity index (χ1n) is 4.65. The third-order valence-electron chi connectivity index (χ3n) is 2.19. The Hall–Kier alpha value is -0.940. The highest BCUT2D eigenvalue weighted by molar-refractivity contribution is 9.09. The van der Waals surface area contributed by atoms with E-state index in [1.165, 1.54) is 21.3 Å². The van der Waals surface area contributed by atoms with Crippen molar-refractivity contribution in [2.75, 3.05) is 21.3 Å². The van der Waals surface area contributed by atoms with Crippen LogP contribution in [0.15, 0.2) is 12.1 Å². The molecule has 1 unspecified atom stereocenters. The van der Waals surface area contributed by atoms with Crippen molar-refractivity contribution in [3.8, 4) is 17.2 Å². The Bertz CT molecular complexity index is 346. The lowest BCUT2D eigenvalue weighted by molar-refractivity contribution is 0.166. The molecule has 0 saturated heterocycles. The quantitative estimate of drug-likeness (QED) is 0.865. The van der Waals surface area contributed by atoms with Crippen LogP contribution in [0, 0.1) is 0 Å². The number of ether oxygens (including phenoxy) is 3. The molecule has 0 amide bonds. The first-order valence-corrected chi connectivity index (χ1v) is 5.45. The van der Waals surface area contributed by atoms with Gasteiger partial charge in [-0.15, -0.1) is 0 Å². The van der Waals surface area contributed by atoms with Crippen LogP contribution in [0.4, 0.5) is 0 Å². The molecule has 0 aromatic heterocycles. The van der Waals surface area contributed by atoms with Gasteiger partial charge in [0.2, 0.25) is 5.75 Å². The van der Waals surface area contributed by atoms with Crippen molar-refractivity contribution < 1.29 is 19.3 Å². The molecule has 1 aromatic carbocycles. The molecule has 0 fully saturated rings. The van der Waals surface area contributed by atoms with Crippen molar-refractivity contribution in [2.45, 2.75) is 11.4 Å². The van der Waals surface area contributed by atoms with Crippen LogP contribution in [0.2, 0.25) is 0 Å². The molecular weight excluding hydrogens is 276 g/mol.